The van der Waals surface area contributed by atoms with Crippen LogP contribution >= 0.6 is 0 Å². The maximum absolute atomic E-state index is 12.9. The average molecular weight is 405 g/mol. The third-order valence-electron chi connectivity index (χ3n) is 6.24. The lowest BCUT2D eigenvalue weighted by Gasteiger charge is -2.24. The van der Waals surface area contributed by atoms with Crippen molar-refractivity contribution in [3.8, 4) is 0 Å². The van der Waals surface area contributed by atoms with Crippen LogP contribution in [0.1, 0.15) is 80.2 Å². The van der Waals surface area contributed by atoms with Gasteiger partial charge in [0.25, 0.3) is 5.91 Å². The number of carbonyl (C=O) groups excluding carboxylic acids is 1. The van der Waals surface area contributed by atoms with Crippen LogP contribution < -0.4 is 5.32 Å². The predicted molar refractivity (Wildman–Crippen MR) is 121 cm³/mol. The van der Waals surface area contributed by atoms with E-state index in [4.69, 9.17) is 4.98 Å². The fraction of sp³-hybridized carbons (Fsp3) is 0.480. The number of carbonyl (C=O) groups is 1. The smallest absolute Gasteiger partial charge is 0.256 e. The van der Waals surface area contributed by atoms with E-state index in [0.29, 0.717) is 5.56 Å². The van der Waals surface area contributed by atoms with Gasteiger partial charge in [-0.05, 0) is 37.5 Å². The highest BCUT2D eigenvalue weighted by atomic mass is 16.1. The molecule has 0 unspecified atom stereocenters. The summed E-state index contributed by atoms with van der Waals surface area (Å²) in [6.07, 6.45) is 13.1. The first-order valence-corrected chi connectivity index (χ1v) is 11.1. The summed E-state index contributed by atoms with van der Waals surface area (Å²) in [4.78, 5) is 22.0. The van der Waals surface area contributed by atoms with Gasteiger partial charge in [-0.1, -0.05) is 52.9 Å². The highest BCUT2D eigenvalue weighted by Gasteiger charge is 2.27. The van der Waals surface area contributed by atoms with Crippen LogP contribution in [0.3, 0.4) is 0 Å². The number of nitrogens with one attached hydrogen (secondary N) is 1. The third-order valence-corrected chi connectivity index (χ3v) is 6.24. The molecule has 4 rings (SSSR count). The van der Waals surface area contributed by atoms with Gasteiger partial charge >= 0.3 is 0 Å². The standard InChI is InChI=1S/C25H32N4O/c1-17-20(24(30)27-19-10-13-26-14-11-19)12-15-29-21(16-18-8-6-5-7-9-18)22(25(2,3)4)28-23(17)29/h10-15,18H,5-9,16H2,1-4H3,(H,26,27,30). The SMILES string of the molecule is Cc1c(C(=O)Nc2ccncc2)ccn2c(CC3CCCCC3)c(C(C)(C)C)nc12. The molecule has 3 heterocycles. The summed E-state index contributed by atoms with van der Waals surface area (Å²) in [7, 11) is 0. The number of pyridine rings is 2. The van der Waals surface area contributed by atoms with Gasteiger partial charge in [0, 0.05) is 46.5 Å². The number of rotatable bonds is 4. The summed E-state index contributed by atoms with van der Waals surface area (Å²) in [6.45, 7) is 8.68. The molecule has 1 amide bonds. The molecule has 3 aromatic rings. The minimum Gasteiger partial charge on any atom is -0.322 e. The van der Waals surface area contributed by atoms with E-state index in [9.17, 15) is 4.79 Å². The Labute approximate surface area is 178 Å². The first-order chi connectivity index (χ1) is 14.3. The number of imidazole rings is 1. The fourth-order valence-electron chi connectivity index (χ4n) is 4.63. The van der Waals surface area contributed by atoms with Crippen molar-refractivity contribution < 1.29 is 4.79 Å². The number of hydrogen-bond donors (Lipinski definition) is 1. The maximum atomic E-state index is 12.9. The topological polar surface area (TPSA) is 59.3 Å². The molecule has 3 aromatic heterocycles. The molecular formula is C25H32N4O. The van der Waals surface area contributed by atoms with Crippen LogP contribution in [0.2, 0.25) is 0 Å². The van der Waals surface area contributed by atoms with E-state index < -0.39 is 0 Å². The molecule has 1 fully saturated rings. The second-order valence-electron chi connectivity index (χ2n) is 9.60. The van der Waals surface area contributed by atoms with Crippen LogP contribution in [0.15, 0.2) is 36.8 Å². The zero-order valence-electron chi connectivity index (χ0n) is 18.5. The highest BCUT2D eigenvalue weighted by Crippen LogP contribution is 2.33. The van der Waals surface area contributed by atoms with Crippen molar-refractivity contribution in [2.75, 3.05) is 5.32 Å². The summed E-state index contributed by atoms with van der Waals surface area (Å²) in [5, 5.41) is 2.97. The molecular weight excluding hydrogens is 372 g/mol. The molecule has 0 aliphatic heterocycles. The summed E-state index contributed by atoms with van der Waals surface area (Å²) in [6, 6.07) is 5.51. The Balaban J connectivity index is 1.73. The number of nitrogens with zero attached hydrogens (tertiary/aromatic N) is 3. The molecule has 0 spiro atoms. The Bertz CT molecular complexity index is 1040. The normalized spacial score (nSPS) is 15.5. The van der Waals surface area contributed by atoms with Gasteiger partial charge in [0.2, 0.25) is 0 Å². The Kier molecular flexibility index (Phi) is 5.63. The molecule has 0 radical (unpaired) electrons. The van der Waals surface area contributed by atoms with Gasteiger partial charge in [-0.2, -0.15) is 0 Å². The number of aryl methyl sites for hydroxylation is 1. The van der Waals surface area contributed by atoms with E-state index in [1.54, 1.807) is 24.5 Å². The fourth-order valence-corrected chi connectivity index (χ4v) is 4.63. The molecule has 0 bridgehead atoms. The van der Waals surface area contributed by atoms with Gasteiger partial charge in [0.15, 0.2) is 0 Å². The van der Waals surface area contributed by atoms with Crippen molar-refractivity contribution >= 4 is 17.2 Å². The van der Waals surface area contributed by atoms with E-state index in [0.717, 1.165) is 34.9 Å². The number of anilines is 1. The van der Waals surface area contributed by atoms with E-state index in [-0.39, 0.29) is 11.3 Å². The first-order valence-electron chi connectivity index (χ1n) is 11.1. The summed E-state index contributed by atoms with van der Waals surface area (Å²) < 4.78 is 2.23. The highest BCUT2D eigenvalue weighted by molar-refractivity contribution is 6.06. The number of amides is 1. The summed E-state index contributed by atoms with van der Waals surface area (Å²) in [5.74, 6) is 0.616. The predicted octanol–water partition coefficient (Wildman–Crippen LogP) is 5.71. The van der Waals surface area contributed by atoms with Crippen LogP contribution in [-0.4, -0.2) is 20.3 Å². The van der Waals surface area contributed by atoms with Gasteiger partial charge in [-0.3, -0.25) is 9.78 Å². The molecule has 5 heteroatoms. The van der Waals surface area contributed by atoms with Gasteiger partial charge in [0.1, 0.15) is 5.65 Å². The lowest BCUT2D eigenvalue weighted by molar-refractivity contribution is 0.102. The molecule has 0 aromatic carbocycles. The zero-order chi connectivity index (χ0) is 21.3. The Hall–Kier alpha value is -2.69. The number of hydrogen-bond acceptors (Lipinski definition) is 3. The Morgan fingerprint density at radius 1 is 1.13 bits per heavy atom. The first kappa shape index (κ1) is 20.6. The quantitative estimate of drug-likeness (QED) is 0.606. The van der Waals surface area contributed by atoms with E-state index in [1.807, 2.05) is 19.2 Å². The number of fused-ring (bicyclic) bond motifs is 1. The molecule has 30 heavy (non-hydrogen) atoms. The number of aromatic nitrogens is 3. The van der Waals surface area contributed by atoms with Crippen LogP contribution in [0.25, 0.3) is 5.65 Å². The van der Waals surface area contributed by atoms with Crippen molar-refractivity contribution in [3.05, 3.63) is 59.3 Å². The lowest BCUT2D eigenvalue weighted by atomic mass is 9.83. The maximum Gasteiger partial charge on any atom is 0.256 e. The molecule has 0 atom stereocenters. The molecule has 158 valence electrons. The largest absolute Gasteiger partial charge is 0.322 e. The summed E-state index contributed by atoms with van der Waals surface area (Å²) >= 11 is 0. The summed E-state index contributed by atoms with van der Waals surface area (Å²) in [5.41, 5.74) is 5.65. The minimum absolute atomic E-state index is 0.0398. The van der Waals surface area contributed by atoms with Crippen molar-refractivity contribution in [3.63, 3.8) is 0 Å². The second-order valence-corrected chi connectivity index (χ2v) is 9.60. The van der Waals surface area contributed by atoms with Crippen LogP contribution in [-0.2, 0) is 11.8 Å². The minimum atomic E-state index is -0.115. The van der Waals surface area contributed by atoms with Crippen molar-refractivity contribution in [1.29, 1.82) is 0 Å². The molecule has 0 saturated heterocycles. The van der Waals surface area contributed by atoms with Crippen LogP contribution in [0, 0.1) is 12.8 Å². The van der Waals surface area contributed by atoms with E-state index >= 15 is 0 Å². The zero-order valence-corrected chi connectivity index (χ0v) is 18.5. The monoisotopic (exact) mass is 404 g/mol. The Morgan fingerprint density at radius 3 is 2.50 bits per heavy atom. The van der Waals surface area contributed by atoms with Crippen molar-refractivity contribution in [2.45, 2.75) is 71.6 Å². The van der Waals surface area contributed by atoms with Gasteiger partial charge in [-0.15, -0.1) is 0 Å². The molecule has 1 aliphatic carbocycles. The van der Waals surface area contributed by atoms with Gasteiger partial charge in [0.05, 0.1) is 5.69 Å². The lowest BCUT2D eigenvalue weighted by Crippen LogP contribution is -2.18. The van der Waals surface area contributed by atoms with Crippen molar-refractivity contribution in [2.24, 2.45) is 5.92 Å². The van der Waals surface area contributed by atoms with E-state index in [2.05, 4.69) is 35.5 Å². The third kappa shape index (κ3) is 4.11. The average Bonchev–Trinajstić information content (AvgIpc) is 3.09. The van der Waals surface area contributed by atoms with E-state index in [1.165, 1.54) is 37.8 Å². The molecule has 1 saturated carbocycles. The molecule has 5 nitrogen and oxygen atoms in total. The van der Waals surface area contributed by atoms with Gasteiger partial charge < -0.3 is 9.72 Å². The van der Waals surface area contributed by atoms with Crippen LogP contribution in [0.5, 0.6) is 0 Å². The molecule has 1 aliphatic rings. The van der Waals surface area contributed by atoms with Gasteiger partial charge in [-0.25, -0.2) is 4.98 Å². The second kappa shape index (κ2) is 8.21. The van der Waals surface area contributed by atoms with Crippen LogP contribution in [0.4, 0.5) is 5.69 Å². The molecule has 1 N–H and O–H groups in total. The van der Waals surface area contributed by atoms with Crippen molar-refractivity contribution in [1.82, 2.24) is 14.4 Å². The Morgan fingerprint density at radius 2 is 1.83 bits per heavy atom.